The van der Waals surface area contributed by atoms with E-state index in [0.29, 0.717) is 5.56 Å². The molecule has 0 spiro atoms. The summed E-state index contributed by atoms with van der Waals surface area (Å²) in [6.07, 6.45) is 0. The van der Waals surface area contributed by atoms with Crippen LogP contribution < -0.4 is 10.2 Å². The minimum absolute atomic E-state index is 0.0449. The fourth-order valence-electron chi connectivity index (χ4n) is 1.60. The number of carbonyl (C=O) groups excluding carboxylic acids is 1. The van der Waals surface area contributed by atoms with Gasteiger partial charge in [0.2, 0.25) is 0 Å². The number of benzene rings is 1. The second-order valence-corrected chi connectivity index (χ2v) is 4.95. The monoisotopic (exact) mass is 250 g/mol. The Hall–Kier alpha value is -1.55. The summed E-state index contributed by atoms with van der Waals surface area (Å²) in [5.41, 5.74) is 1.59. The molecule has 0 aliphatic heterocycles. The first-order valence-electron chi connectivity index (χ1n) is 6.14. The molecule has 0 aliphatic carbocycles. The van der Waals surface area contributed by atoms with E-state index in [2.05, 4.69) is 5.32 Å². The van der Waals surface area contributed by atoms with E-state index in [1.165, 1.54) is 0 Å². The third kappa shape index (κ3) is 3.74. The number of hydrogen-bond donors (Lipinski definition) is 2. The predicted octanol–water partition coefficient (Wildman–Crippen LogP) is 1.50. The van der Waals surface area contributed by atoms with Crippen LogP contribution in [0.2, 0.25) is 0 Å². The van der Waals surface area contributed by atoms with E-state index in [0.717, 1.165) is 5.69 Å². The van der Waals surface area contributed by atoms with Crippen molar-refractivity contribution >= 4 is 11.6 Å². The van der Waals surface area contributed by atoms with Crippen molar-refractivity contribution in [2.24, 2.45) is 5.92 Å². The van der Waals surface area contributed by atoms with Gasteiger partial charge < -0.3 is 15.3 Å². The first kappa shape index (κ1) is 14.5. The normalized spacial score (nSPS) is 12.3. The second kappa shape index (κ2) is 6.40. The Morgan fingerprint density at radius 2 is 2.06 bits per heavy atom. The first-order valence-corrected chi connectivity index (χ1v) is 6.14. The molecule has 100 valence electrons. The van der Waals surface area contributed by atoms with E-state index in [1.54, 1.807) is 6.07 Å². The quantitative estimate of drug-likeness (QED) is 0.832. The van der Waals surface area contributed by atoms with Crippen LogP contribution in [0.3, 0.4) is 0 Å². The molecule has 1 amide bonds. The summed E-state index contributed by atoms with van der Waals surface area (Å²) in [7, 11) is 3.86. The summed E-state index contributed by atoms with van der Waals surface area (Å²) in [6.45, 7) is 3.89. The highest BCUT2D eigenvalue weighted by Gasteiger charge is 2.16. The Morgan fingerprint density at radius 3 is 2.56 bits per heavy atom. The van der Waals surface area contributed by atoms with Crippen molar-refractivity contribution in [1.29, 1.82) is 0 Å². The van der Waals surface area contributed by atoms with E-state index >= 15 is 0 Å². The maximum atomic E-state index is 12.1. The number of hydrogen-bond acceptors (Lipinski definition) is 3. The molecule has 18 heavy (non-hydrogen) atoms. The molecule has 0 saturated carbocycles. The Kier molecular flexibility index (Phi) is 5.16. The highest BCUT2D eigenvalue weighted by atomic mass is 16.3. The highest BCUT2D eigenvalue weighted by Crippen LogP contribution is 2.13. The molecular weight excluding hydrogens is 228 g/mol. The number of anilines is 1. The lowest BCUT2D eigenvalue weighted by Crippen LogP contribution is -2.41. The molecular formula is C14H22N2O2. The molecule has 0 radical (unpaired) electrons. The summed E-state index contributed by atoms with van der Waals surface area (Å²) < 4.78 is 0. The topological polar surface area (TPSA) is 52.6 Å². The number of nitrogens with zero attached hydrogens (tertiary/aromatic N) is 1. The number of amides is 1. The largest absolute Gasteiger partial charge is 0.394 e. The molecule has 2 N–H and O–H groups in total. The molecule has 1 rings (SSSR count). The van der Waals surface area contributed by atoms with Gasteiger partial charge in [0.05, 0.1) is 12.6 Å². The van der Waals surface area contributed by atoms with Gasteiger partial charge in [-0.25, -0.2) is 0 Å². The maximum absolute atomic E-state index is 12.1. The van der Waals surface area contributed by atoms with Gasteiger partial charge in [-0.15, -0.1) is 0 Å². The third-order valence-corrected chi connectivity index (χ3v) is 2.94. The van der Waals surface area contributed by atoms with Crippen LogP contribution in [0.5, 0.6) is 0 Å². The van der Waals surface area contributed by atoms with Crippen LogP contribution in [0.15, 0.2) is 24.3 Å². The molecule has 1 aromatic carbocycles. The van der Waals surface area contributed by atoms with Crippen LogP contribution in [0.1, 0.15) is 24.2 Å². The van der Waals surface area contributed by atoms with Gasteiger partial charge in [-0.05, 0) is 24.1 Å². The zero-order valence-electron chi connectivity index (χ0n) is 11.5. The molecule has 1 atom stereocenters. The van der Waals surface area contributed by atoms with Crippen molar-refractivity contribution in [1.82, 2.24) is 5.32 Å². The van der Waals surface area contributed by atoms with Crippen molar-refractivity contribution in [2.45, 2.75) is 19.9 Å². The van der Waals surface area contributed by atoms with Crippen molar-refractivity contribution in [3.05, 3.63) is 29.8 Å². The van der Waals surface area contributed by atoms with Crippen LogP contribution in [0, 0.1) is 5.92 Å². The first-order chi connectivity index (χ1) is 8.45. The molecule has 4 heteroatoms. The summed E-state index contributed by atoms with van der Waals surface area (Å²) in [5, 5.41) is 12.1. The van der Waals surface area contributed by atoms with E-state index < -0.39 is 0 Å². The second-order valence-electron chi connectivity index (χ2n) is 4.95. The standard InChI is InChI=1S/C14H22N2O2/c1-10(2)13(9-17)15-14(18)11-6-5-7-12(8-11)16(3)4/h5-8,10,13,17H,9H2,1-4H3,(H,15,18)/t13-/m1/s1. The summed E-state index contributed by atoms with van der Waals surface area (Å²) in [5.74, 6) is 0.0578. The molecule has 0 fully saturated rings. The third-order valence-electron chi connectivity index (χ3n) is 2.94. The van der Waals surface area contributed by atoms with Crippen LogP contribution in [-0.4, -0.2) is 37.8 Å². The van der Waals surface area contributed by atoms with Crippen LogP contribution in [0.4, 0.5) is 5.69 Å². The smallest absolute Gasteiger partial charge is 0.251 e. The Labute approximate surface area is 109 Å². The van der Waals surface area contributed by atoms with E-state index in [9.17, 15) is 9.90 Å². The molecule has 0 unspecified atom stereocenters. The Bertz CT molecular complexity index is 403. The lowest BCUT2D eigenvalue weighted by atomic mass is 10.0. The average molecular weight is 250 g/mol. The zero-order chi connectivity index (χ0) is 13.7. The number of rotatable bonds is 5. The molecule has 1 aromatic rings. The maximum Gasteiger partial charge on any atom is 0.251 e. The van der Waals surface area contributed by atoms with Crippen molar-refractivity contribution in [3.8, 4) is 0 Å². The fourth-order valence-corrected chi connectivity index (χ4v) is 1.60. The van der Waals surface area contributed by atoms with Gasteiger partial charge in [0, 0.05) is 25.3 Å². The molecule has 0 bridgehead atoms. The van der Waals surface area contributed by atoms with Crippen LogP contribution >= 0.6 is 0 Å². The summed E-state index contributed by atoms with van der Waals surface area (Å²) in [6, 6.07) is 7.21. The van der Waals surface area contributed by atoms with Gasteiger partial charge in [-0.3, -0.25) is 4.79 Å². The van der Waals surface area contributed by atoms with Crippen molar-refractivity contribution in [3.63, 3.8) is 0 Å². The van der Waals surface area contributed by atoms with Gasteiger partial charge in [0.25, 0.3) is 5.91 Å². The number of nitrogens with one attached hydrogen (secondary N) is 1. The summed E-state index contributed by atoms with van der Waals surface area (Å²) >= 11 is 0. The van der Waals surface area contributed by atoms with Gasteiger partial charge in [-0.1, -0.05) is 19.9 Å². The van der Waals surface area contributed by atoms with Crippen molar-refractivity contribution in [2.75, 3.05) is 25.6 Å². The number of aliphatic hydroxyl groups is 1. The lowest BCUT2D eigenvalue weighted by molar-refractivity contribution is 0.0897. The Balaban J connectivity index is 2.81. The van der Waals surface area contributed by atoms with Crippen LogP contribution in [-0.2, 0) is 0 Å². The Morgan fingerprint density at radius 1 is 1.39 bits per heavy atom. The van der Waals surface area contributed by atoms with Gasteiger partial charge in [0.15, 0.2) is 0 Å². The number of carbonyl (C=O) groups is 1. The average Bonchev–Trinajstić information content (AvgIpc) is 2.35. The predicted molar refractivity (Wildman–Crippen MR) is 73.9 cm³/mol. The summed E-state index contributed by atoms with van der Waals surface area (Å²) in [4.78, 5) is 14.0. The molecule has 0 heterocycles. The molecule has 0 saturated heterocycles. The molecule has 4 nitrogen and oxygen atoms in total. The van der Waals surface area contributed by atoms with Gasteiger partial charge in [-0.2, -0.15) is 0 Å². The zero-order valence-corrected chi connectivity index (χ0v) is 11.5. The SMILES string of the molecule is CC(C)[C@@H](CO)NC(=O)c1cccc(N(C)C)c1. The molecule has 0 aliphatic rings. The van der Waals surface area contributed by atoms with Gasteiger partial charge in [0.1, 0.15) is 0 Å². The minimum Gasteiger partial charge on any atom is -0.394 e. The van der Waals surface area contributed by atoms with Gasteiger partial charge >= 0.3 is 0 Å². The van der Waals surface area contributed by atoms with E-state index in [-0.39, 0.29) is 24.5 Å². The van der Waals surface area contributed by atoms with Crippen molar-refractivity contribution < 1.29 is 9.90 Å². The van der Waals surface area contributed by atoms with E-state index in [1.807, 2.05) is 51.0 Å². The number of aliphatic hydroxyl groups excluding tert-OH is 1. The van der Waals surface area contributed by atoms with E-state index in [4.69, 9.17) is 0 Å². The van der Waals surface area contributed by atoms with Crippen LogP contribution in [0.25, 0.3) is 0 Å². The fraction of sp³-hybridized carbons (Fsp3) is 0.500. The molecule has 0 aromatic heterocycles. The highest BCUT2D eigenvalue weighted by molar-refractivity contribution is 5.95. The lowest BCUT2D eigenvalue weighted by Gasteiger charge is -2.20. The minimum atomic E-state index is -0.208.